The molecule has 0 bridgehead atoms. The summed E-state index contributed by atoms with van der Waals surface area (Å²) in [4.78, 5) is 0. The van der Waals surface area contributed by atoms with Crippen molar-refractivity contribution >= 4 is 0 Å². The standard InChI is InChI=1S/C13H25NO4/c1-2-3-4-5-6-14-10-7-9(8-15)11(16)13(18)12(10)17/h7,10-18H,2-6,8H2,1H3/t10-,11+,12-,13?/m0/s1. The number of hydrogen-bond donors (Lipinski definition) is 5. The number of aliphatic hydroxyl groups is 4. The van der Waals surface area contributed by atoms with Crippen molar-refractivity contribution in [3.8, 4) is 0 Å². The first-order chi connectivity index (χ1) is 8.61. The Kier molecular flexibility index (Phi) is 6.81. The minimum atomic E-state index is -1.25. The van der Waals surface area contributed by atoms with E-state index in [1.807, 2.05) is 0 Å². The van der Waals surface area contributed by atoms with Crippen molar-refractivity contribution in [1.29, 1.82) is 0 Å². The molecule has 0 radical (unpaired) electrons. The normalized spacial score (nSPS) is 32.4. The summed E-state index contributed by atoms with van der Waals surface area (Å²) in [5.41, 5.74) is 0.360. The second-order valence-electron chi connectivity index (χ2n) is 4.87. The third-order valence-corrected chi connectivity index (χ3v) is 3.41. The molecule has 5 heteroatoms. The average molecular weight is 259 g/mol. The molecule has 1 aliphatic rings. The highest BCUT2D eigenvalue weighted by atomic mass is 16.4. The third kappa shape index (κ3) is 4.03. The van der Waals surface area contributed by atoms with Crippen LogP contribution in [-0.2, 0) is 0 Å². The lowest BCUT2D eigenvalue weighted by Crippen LogP contribution is -2.54. The summed E-state index contributed by atoms with van der Waals surface area (Å²) in [7, 11) is 0. The highest BCUT2D eigenvalue weighted by Crippen LogP contribution is 2.20. The quantitative estimate of drug-likeness (QED) is 0.315. The first kappa shape index (κ1) is 15.6. The summed E-state index contributed by atoms with van der Waals surface area (Å²) in [6.07, 6.45) is 2.66. The molecule has 1 unspecified atom stereocenters. The molecule has 5 nitrogen and oxygen atoms in total. The SMILES string of the molecule is CCCCCCN[C@H]1C=C(CO)[C@@H](O)C(O)[C@H]1O. The molecule has 1 rings (SSSR count). The van der Waals surface area contributed by atoms with Crippen LogP contribution < -0.4 is 5.32 Å². The molecule has 0 saturated carbocycles. The van der Waals surface area contributed by atoms with Crippen molar-refractivity contribution in [2.24, 2.45) is 0 Å². The van der Waals surface area contributed by atoms with Crippen molar-refractivity contribution < 1.29 is 20.4 Å². The predicted octanol–water partition coefficient (Wildman–Crippen LogP) is -0.460. The Labute approximate surface area is 108 Å². The molecule has 18 heavy (non-hydrogen) atoms. The molecule has 0 fully saturated rings. The summed E-state index contributed by atoms with van der Waals surface area (Å²) >= 11 is 0. The molecule has 0 spiro atoms. The van der Waals surface area contributed by atoms with E-state index in [4.69, 9.17) is 5.11 Å². The van der Waals surface area contributed by atoms with E-state index < -0.39 is 24.4 Å². The molecule has 0 heterocycles. The molecular formula is C13H25NO4. The first-order valence-electron chi connectivity index (χ1n) is 6.70. The Morgan fingerprint density at radius 2 is 1.83 bits per heavy atom. The maximum atomic E-state index is 9.83. The van der Waals surface area contributed by atoms with Crippen LogP contribution in [0.2, 0.25) is 0 Å². The van der Waals surface area contributed by atoms with Crippen LogP contribution in [0.15, 0.2) is 11.6 Å². The summed E-state index contributed by atoms with van der Waals surface area (Å²) < 4.78 is 0. The van der Waals surface area contributed by atoms with Gasteiger partial charge >= 0.3 is 0 Å². The third-order valence-electron chi connectivity index (χ3n) is 3.41. The zero-order chi connectivity index (χ0) is 13.5. The molecule has 0 saturated heterocycles. The molecular weight excluding hydrogens is 234 g/mol. The van der Waals surface area contributed by atoms with E-state index in [-0.39, 0.29) is 6.61 Å². The Balaban J connectivity index is 2.45. The minimum absolute atomic E-state index is 0.307. The smallest absolute Gasteiger partial charge is 0.111 e. The maximum absolute atomic E-state index is 9.83. The molecule has 1 aliphatic carbocycles. The van der Waals surface area contributed by atoms with Crippen molar-refractivity contribution in [1.82, 2.24) is 5.32 Å². The van der Waals surface area contributed by atoms with Gasteiger partial charge in [-0.1, -0.05) is 32.3 Å². The Morgan fingerprint density at radius 3 is 2.44 bits per heavy atom. The number of rotatable bonds is 7. The molecule has 0 amide bonds. The average Bonchev–Trinajstić information content (AvgIpc) is 2.38. The fourth-order valence-corrected chi connectivity index (χ4v) is 2.19. The van der Waals surface area contributed by atoms with Crippen LogP contribution >= 0.6 is 0 Å². The minimum Gasteiger partial charge on any atom is -0.392 e. The van der Waals surface area contributed by atoms with Crippen LogP contribution in [0.3, 0.4) is 0 Å². The monoisotopic (exact) mass is 259 g/mol. The second kappa shape index (κ2) is 7.86. The second-order valence-corrected chi connectivity index (χ2v) is 4.87. The van der Waals surface area contributed by atoms with Crippen LogP contribution in [0.25, 0.3) is 0 Å². The number of hydrogen-bond acceptors (Lipinski definition) is 5. The van der Waals surface area contributed by atoms with Gasteiger partial charge in [-0.05, 0) is 18.5 Å². The molecule has 0 aromatic carbocycles. The summed E-state index contributed by atoms with van der Waals surface area (Å²) in [5.74, 6) is 0. The zero-order valence-electron chi connectivity index (χ0n) is 10.9. The molecule has 0 aromatic rings. The number of nitrogens with one attached hydrogen (secondary N) is 1. The van der Waals surface area contributed by atoms with E-state index >= 15 is 0 Å². The molecule has 0 aliphatic heterocycles. The Hall–Kier alpha value is -0.460. The molecule has 0 aromatic heterocycles. The Morgan fingerprint density at radius 1 is 1.11 bits per heavy atom. The van der Waals surface area contributed by atoms with Gasteiger partial charge in [0.05, 0.1) is 12.6 Å². The van der Waals surface area contributed by atoms with Crippen LogP contribution in [0.5, 0.6) is 0 Å². The van der Waals surface area contributed by atoms with Gasteiger partial charge in [0, 0.05) is 0 Å². The van der Waals surface area contributed by atoms with Crippen molar-refractivity contribution in [3.05, 3.63) is 11.6 Å². The van der Waals surface area contributed by atoms with Gasteiger partial charge in [-0.15, -0.1) is 0 Å². The van der Waals surface area contributed by atoms with E-state index in [2.05, 4.69) is 12.2 Å². The molecule has 106 valence electrons. The number of unbranched alkanes of at least 4 members (excludes halogenated alkanes) is 3. The zero-order valence-corrected chi connectivity index (χ0v) is 10.9. The van der Waals surface area contributed by atoms with E-state index in [9.17, 15) is 15.3 Å². The lowest BCUT2D eigenvalue weighted by atomic mass is 9.88. The van der Waals surface area contributed by atoms with Gasteiger partial charge < -0.3 is 25.7 Å². The summed E-state index contributed by atoms with van der Waals surface area (Å²) in [6, 6.07) is -0.410. The lowest BCUT2D eigenvalue weighted by molar-refractivity contribution is -0.0641. The van der Waals surface area contributed by atoms with Gasteiger partial charge in [-0.3, -0.25) is 0 Å². The summed E-state index contributed by atoms with van der Waals surface area (Å²) in [6.45, 7) is 2.59. The van der Waals surface area contributed by atoms with Gasteiger partial charge in [-0.25, -0.2) is 0 Å². The maximum Gasteiger partial charge on any atom is 0.111 e. The highest BCUT2D eigenvalue weighted by Gasteiger charge is 2.36. The first-order valence-corrected chi connectivity index (χ1v) is 6.70. The van der Waals surface area contributed by atoms with Crippen molar-refractivity contribution in [3.63, 3.8) is 0 Å². The number of aliphatic hydroxyl groups excluding tert-OH is 4. The van der Waals surface area contributed by atoms with E-state index in [1.165, 1.54) is 12.8 Å². The van der Waals surface area contributed by atoms with Crippen LogP contribution in [0, 0.1) is 0 Å². The largest absolute Gasteiger partial charge is 0.392 e. The van der Waals surface area contributed by atoms with Crippen LogP contribution in [0.4, 0.5) is 0 Å². The highest BCUT2D eigenvalue weighted by molar-refractivity contribution is 5.21. The van der Waals surface area contributed by atoms with Crippen molar-refractivity contribution in [2.45, 2.75) is 57.0 Å². The van der Waals surface area contributed by atoms with Gasteiger partial charge in [0.15, 0.2) is 0 Å². The Bertz CT molecular complexity index is 270. The van der Waals surface area contributed by atoms with Gasteiger partial charge in [0.2, 0.25) is 0 Å². The van der Waals surface area contributed by atoms with E-state index in [0.717, 1.165) is 19.4 Å². The lowest BCUT2D eigenvalue weighted by Gasteiger charge is -2.34. The van der Waals surface area contributed by atoms with Gasteiger partial charge in [0.25, 0.3) is 0 Å². The van der Waals surface area contributed by atoms with E-state index in [0.29, 0.717) is 5.57 Å². The molecule has 5 N–H and O–H groups in total. The fourth-order valence-electron chi connectivity index (χ4n) is 2.19. The van der Waals surface area contributed by atoms with Gasteiger partial charge in [0.1, 0.15) is 18.3 Å². The van der Waals surface area contributed by atoms with E-state index in [1.54, 1.807) is 6.08 Å². The predicted molar refractivity (Wildman–Crippen MR) is 69.1 cm³/mol. The van der Waals surface area contributed by atoms with Crippen LogP contribution in [-0.4, -0.2) is 57.9 Å². The fraction of sp³-hybridized carbons (Fsp3) is 0.846. The summed E-state index contributed by atoms with van der Waals surface area (Å²) in [5, 5.41) is 41.3. The topological polar surface area (TPSA) is 93.0 Å². The molecule has 4 atom stereocenters. The van der Waals surface area contributed by atoms with Crippen LogP contribution in [0.1, 0.15) is 32.6 Å². The van der Waals surface area contributed by atoms with Gasteiger partial charge in [-0.2, -0.15) is 0 Å². The van der Waals surface area contributed by atoms with Crippen molar-refractivity contribution in [2.75, 3.05) is 13.2 Å².